The van der Waals surface area contributed by atoms with Crippen molar-refractivity contribution in [1.29, 1.82) is 0 Å². The van der Waals surface area contributed by atoms with Crippen LogP contribution in [0.1, 0.15) is 44.4 Å². The van der Waals surface area contributed by atoms with Gasteiger partial charge in [0.05, 0.1) is 12.4 Å². The molecule has 0 aliphatic rings. The molecule has 41 heavy (non-hydrogen) atoms. The standard InChI is InChI=1S/C28H40N8O5/c1-16(2)24(36-25(37)20(30)11-17-13-32-21-8-4-3-7-19(17)21)27(39)35-23(12-18-14-31-15-33-18)26(38)34-22(28(40)41)9-5-6-10-29/h3-4,7-8,13-16,20,22-24,32H,5-6,9-12,29-30H2,1-2H3,(H,31,33)(H,34,38)(H,35,39)(H,36,37)(H,40,41). The molecular weight excluding hydrogens is 528 g/mol. The summed E-state index contributed by atoms with van der Waals surface area (Å²) in [5.74, 6) is -3.29. The Morgan fingerprint density at radius 1 is 0.951 bits per heavy atom. The third-order valence-corrected chi connectivity index (χ3v) is 6.87. The lowest BCUT2D eigenvalue weighted by Gasteiger charge is -2.27. The summed E-state index contributed by atoms with van der Waals surface area (Å²) in [6.45, 7) is 3.93. The number of amides is 3. The Kier molecular flexibility index (Phi) is 11.4. The van der Waals surface area contributed by atoms with Gasteiger partial charge in [-0.3, -0.25) is 14.4 Å². The van der Waals surface area contributed by atoms with Gasteiger partial charge in [-0.05, 0) is 49.8 Å². The number of benzene rings is 1. The Morgan fingerprint density at radius 2 is 1.68 bits per heavy atom. The van der Waals surface area contributed by atoms with Gasteiger partial charge in [-0.15, -0.1) is 0 Å². The van der Waals surface area contributed by atoms with E-state index in [0.29, 0.717) is 25.1 Å². The van der Waals surface area contributed by atoms with Crippen molar-refractivity contribution in [2.45, 2.75) is 70.1 Å². The number of hydrogen-bond acceptors (Lipinski definition) is 7. The zero-order chi connectivity index (χ0) is 29.9. The van der Waals surface area contributed by atoms with Crippen LogP contribution >= 0.6 is 0 Å². The van der Waals surface area contributed by atoms with Crippen molar-refractivity contribution in [3.05, 3.63) is 54.2 Å². The maximum absolute atomic E-state index is 13.4. The fourth-order valence-corrected chi connectivity index (χ4v) is 4.53. The van der Waals surface area contributed by atoms with E-state index < -0.39 is 47.9 Å². The monoisotopic (exact) mass is 568 g/mol. The third kappa shape index (κ3) is 8.88. The first-order valence-corrected chi connectivity index (χ1v) is 13.7. The first-order valence-electron chi connectivity index (χ1n) is 13.7. The molecule has 13 nitrogen and oxygen atoms in total. The Labute approximate surface area is 238 Å². The highest BCUT2D eigenvalue weighted by Crippen LogP contribution is 2.19. The average molecular weight is 569 g/mol. The number of carbonyl (C=O) groups excluding carboxylic acids is 3. The van der Waals surface area contributed by atoms with Gasteiger partial charge in [0.2, 0.25) is 17.7 Å². The number of imidazole rings is 1. The van der Waals surface area contributed by atoms with E-state index in [1.54, 1.807) is 13.8 Å². The Hall–Kier alpha value is -4.23. The first kappa shape index (κ1) is 31.3. The fraction of sp³-hybridized carbons (Fsp3) is 0.464. The van der Waals surface area contributed by atoms with E-state index in [2.05, 4.69) is 30.9 Å². The second-order valence-electron chi connectivity index (χ2n) is 10.4. The van der Waals surface area contributed by atoms with Crippen LogP contribution in [0.4, 0.5) is 0 Å². The number of carboxylic acids is 1. The van der Waals surface area contributed by atoms with Crippen LogP contribution in [-0.4, -0.2) is 74.5 Å². The van der Waals surface area contributed by atoms with E-state index in [4.69, 9.17) is 11.5 Å². The lowest BCUT2D eigenvalue weighted by molar-refractivity contribution is -0.142. The van der Waals surface area contributed by atoms with E-state index >= 15 is 0 Å². The summed E-state index contributed by atoms with van der Waals surface area (Å²) in [6.07, 6.45) is 6.38. The van der Waals surface area contributed by atoms with Crippen LogP contribution < -0.4 is 27.4 Å². The number of H-pyrrole nitrogens is 2. The maximum Gasteiger partial charge on any atom is 0.326 e. The van der Waals surface area contributed by atoms with Gasteiger partial charge < -0.3 is 42.5 Å². The number of aliphatic carboxylic acids is 1. The minimum Gasteiger partial charge on any atom is -0.480 e. The second-order valence-corrected chi connectivity index (χ2v) is 10.4. The Morgan fingerprint density at radius 3 is 2.34 bits per heavy atom. The van der Waals surface area contributed by atoms with Crippen molar-refractivity contribution in [1.82, 2.24) is 30.9 Å². The van der Waals surface area contributed by atoms with Crippen LogP contribution in [0.25, 0.3) is 10.9 Å². The molecule has 222 valence electrons. The number of nitrogens with one attached hydrogen (secondary N) is 5. The summed E-state index contributed by atoms with van der Waals surface area (Å²) in [7, 11) is 0. The molecule has 3 aromatic rings. The molecule has 3 rings (SSSR count). The third-order valence-electron chi connectivity index (χ3n) is 6.87. The number of nitrogens with two attached hydrogens (primary N) is 2. The summed E-state index contributed by atoms with van der Waals surface area (Å²) < 4.78 is 0. The van der Waals surface area contributed by atoms with Gasteiger partial charge in [-0.25, -0.2) is 9.78 Å². The molecule has 0 saturated carbocycles. The van der Waals surface area contributed by atoms with Gasteiger partial charge in [0.1, 0.15) is 18.1 Å². The molecule has 0 saturated heterocycles. The Balaban J connectivity index is 1.69. The molecule has 13 heteroatoms. The number of rotatable bonds is 16. The van der Waals surface area contributed by atoms with Crippen LogP contribution in [0.2, 0.25) is 0 Å². The molecule has 0 aliphatic carbocycles. The minimum atomic E-state index is -1.18. The van der Waals surface area contributed by atoms with E-state index in [1.807, 2.05) is 30.5 Å². The number of hydrogen-bond donors (Lipinski definition) is 8. The molecule has 0 fully saturated rings. The van der Waals surface area contributed by atoms with Gasteiger partial charge in [-0.2, -0.15) is 0 Å². The number of nitrogens with zero attached hydrogens (tertiary/aromatic N) is 1. The fourth-order valence-electron chi connectivity index (χ4n) is 4.53. The average Bonchev–Trinajstić information content (AvgIpc) is 3.60. The quantitative estimate of drug-likeness (QED) is 0.112. The highest BCUT2D eigenvalue weighted by molar-refractivity contribution is 5.94. The predicted octanol–water partition coefficient (Wildman–Crippen LogP) is 0.328. The van der Waals surface area contributed by atoms with Crippen LogP contribution in [0.5, 0.6) is 0 Å². The summed E-state index contributed by atoms with van der Waals surface area (Å²) in [6, 6.07) is 3.50. The number of para-hydroxylation sites is 1. The van der Waals surface area contributed by atoms with Crippen molar-refractivity contribution in [3.63, 3.8) is 0 Å². The smallest absolute Gasteiger partial charge is 0.326 e. The van der Waals surface area contributed by atoms with Crippen molar-refractivity contribution >= 4 is 34.6 Å². The summed E-state index contributed by atoms with van der Waals surface area (Å²) in [5.41, 5.74) is 14.1. The number of carbonyl (C=O) groups is 4. The second kappa shape index (κ2) is 15.0. The van der Waals surface area contributed by atoms with Crippen molar-refractivity contribution in [2.24, 2.45) is 17.4 Å². The van der Waals surface area contributed by atoms with Crippen molar-refractivity contribution < 1.29 is 24.3 Å². The molecule has 1 aromatic carbocycles. The molecule has 0 aliphatic heterocycles. The number of aromatic amines is 2. The molecule has 0 radical (unpaired) electrons. The van der Waals surface area contributed by atoms with Gasteiger partial charge in [-0.1, -0.05) is 32.0 Å². The largest absolute Gasteiger partial charge is 0.480 e. The first-order chi connectivity index (χ1) is 19.6. The highest BCUT2D eigenvalue weighted by atomic mass is 16.4. The van der Waals surface area contributed by atoms with E-state index in [0.717, 1.165) is 16.5 Å². The molecule has 4 atom stereocenters. The molecule has 2 aromatic heterocycles. The van der Waals surface area contributed by atoms with E-state index in [9.17, 15) is 24.3 Å². The predicted molar refractivity (Wildman–Crippen MR) is 153 cm³/mol. The van der Waals surface area contributed by atoms with Gasteiger partial charge in [0.25, 0.3) is 0 Å². The van der Waals surface area contributed by atoms with Crippen LogP contribution in [0, 0.1) is 5.92 Å². The van der Waals surface area contributed by atoms with Crippen molar-refractivity contribution in [2.75, 3.05) is 6.54 Å². The summed E-state index contributed by atoms with van der Waals surface area (Å²) >= 11 is 0. The minimum absolute atomic E-state index is 0.0333. The molecule has 2 heterocycles. The van der Waals surface area contributed by atoms with E-state index in [1.165, 1.54) is 12.5 Å². The number of unbranched alkanes of at least 4 members (excludes halogenated alkanes) is 1. The van der Waals surface area contributed by atoms with Crippen molar-refractivity contribution in [3.8, 4) is 0 Å². The lowest BCUT2D eigenvalue weighted by atomic mass is 10.00. The molecule has 4 unspecified atom stereocenters. The Bertz CT molecular complexity index is 1310. The zero-order valence-corrected chi connectivity index (χ0v) is 23.4. The summed E-state index contributed by atoms with van der Waals surface area (Å²) in [4.78, 5) is 61.4. The van der Waals surface area contributed by atoms with Crippen LogP contribution in [-0.2, 0) is 32.0 Å². The van der Waals surface area contributed by atoms with E-state index in [-0.39, 0.29) is 25.2 Å². The maximum atomic E-state index is 13.4. The van der Waals surface area contributed by atoms with Gasteiger partial charge in [0, 0.05) is 35.4 Å². The topological polar surface area (TPSA) is 221 Å². The summed E-state index contributed by atoms with van der Waals surface area (Å²) in [5, 5.41) is 18.5. The van der Waals surface area contributed by atoms with Gasteiger partial charge in [0.15, 0.2) is 0 Å². The highest BCUT2D eigenvalue weighted by Gasteiger charge is 2.32. The zero-order valence-electron chi connectivity index (χ0n) is 23.4. The molecule has 10 N–H and O–H groups in total. The molecule has 3 amide bonds. The number of fused-ring (bicyclic) bond motifs is 1. The van der Waals surface area contributed by atoms with Crippen LogP contribution in [0.15, 0.2) is 43.0 Å². The SMILES string of the molecule is CC(C)C(NC(=O)C(N)Cc1c[nH]c2ccccc12)C(=O)NC(Cc1cnc[nH]1)C(=O)NC(CCCCN)C(=O)O. The lowest BCUT2D eigenvalue weighted by Crippen LogP contribution is -2.59. The normalized spacial score (nSPS) is 14.3. The number of carboxylic acid groups (broad SMARTS) is 1. The van der Waals surface area contributed by atoms with Crippen LogP contribution in [0.3, 0.4) is 0 Å². The molecular formula is C28H40N8O5. The molecule has 0 spiro atoms. The molecule has 0 bridgehead atoms. The van der Waals surface area contributed by atoms with Gasteiger partial charge >= 0.3 is 5.97 Å². The number of aromatic nitrogens is 3.